The van der Waals surface area contributed by atoms with Crippen LogP contribution in [0.15, 0.2) is 47.5 Å². The van der Waals surface area contributed by atoms with Crippen molar-refractivity contribution in [3.8, 4) is 0 Å². The molecule has 1 aromatic carbocycles. The molecule has 1 aromatic heterocycles. The monoisotopic (exact) mass is 294 g/mol. The molecule has 0 N–H and O–H groups in total. The van der Waals surface area contributed by atoms with Crippen molar-refractivity contribution in [2.24, 2.45) is 0 Å². The fourth-order valence-electron chi connectivity index (χ4n) is 2.63. The first-order valence-electron chi connectivity index (χ1n) is 6.42. The lowest BCUT2D eigenvalue weighted by Crippen LogP contribution is -2.40. The molecule has 0 spiro atoms. The minimum atomic E-state index is -3.60. The molecule has 3 rings (SSSR count). The second kappa shape index (κ2) is 4.71. The molecule has 1 atom stereocenters. The SMILES string of the molecule is CC1c2cccn2CCN1S(=O)(=O)c1ccc(F)cc1. The third-order valence-corrected chi connectivity index (χ3v) is 5.69. The van der Waals surface area contributed by atoms with Gasteiger partial charge in [0.2, 0.25) is 10.0 Å². The van der Waals surface area contributed by atoms with Crippen molar-refractivity contribution in [1.82, 2.24) is 8.87 Å². The zero-order valence-electron chi connectivity index (χ0n) is 11.0. The quantitative estimate of drug-likeness (QED) is 0.853. The summed E-state index contributed by atoms with van der Waals surface area (Å²) in [7, 11) is -3.60. The first-order valence-corrected chi connectivity index (χ1v) is 7.86. The van der Waals surface area contributed by atoms with Crippen molar-refractivity contribution < 1.29 is 12.8 Å². The number of rotatable bonds is 2. The van der Waals surface area contributed by atoms with E-state index in [2.05, 4.69) is 4.57 Å². The molecular weight excluding hydrogens is 279 g/mol. The van der Waals surface area contributed by atoms with Gasteiger partial charge in [-0.1, -0.05) is 0 Å². The average Bonchev–Trinajstić information content (AvgIpc) is 2.88. The number of nitrogens with zero attached hydrogens (tertiary/aromatic N) is 2. The Morgan fingerprint density at radius 1 is 1.15 bits per heavy atom. The van der Waals surface area contributed by atoms with Crippen molar-refractivity contribution in [3.05, 3.63) is 54.1 Å². The fraction of sp³-hybridized carbons (Fsp3) is 0.286. The van der Waals surface area contributed by atoms with Gasteiger partial charge >= 0.3 is 0 Å². The van der Waals surface area contributed by atoms with Crippen LogP contribution < -0.4 is 0 Å². The minimum absolute atomic E-state index is 0.130. The Bertz CT molecular complexity index is 722. The van der Waals surface area contributed by atoms with Crippen molar-refractivity contribution >= 4 is 10.0 Å². The highest BCUT2D eigenvalue weighted by molar-refractivity contribution is 7.89. The third kappa shape index (κ3) is 2.05. The molecule has 1 aliphatic rings. The molecule has 1 unspecified atom stereocenters. The maximum Gasteiger partial charge on any atom is 0.243 e. The summed E-state index contributed by atoms with van der Waals surface area (Å²) in [4.78, 5) is 0.130. The Morgan fingerprint density at radius 2 is 1.85 bits per heavy atom. The van der Waals surface area contributed by atoms with E-state index in [-0.39, 0.29) is 10.9 Å². The highest BCUT2D eigenvalue weighted by Crippen LogP contribution is 2.30. The number of halogens is 1. The highest BCUT2D eigenvalue weighted by Gasteiger charge is 2.33. The smallest absolute Gasteiger partial charge is 0.243 e. The summed E-state index contributed by atoms with van der Waals surface area (Å²) >= 11 is 0. The topological polar surface area (TPSA) is 42.3 Å². The van der Waals surface area contributed by atoms with Crippen LogP contribution in [-0.2, 0) is 16.6 Å². The Kier molecular flexibility index (Phi) is 3.14. The van der Waals surface area contributed by atoms with Gasteiger partial charge in [-0.3, -0.25) is 0 Å². The summed E-state index contributed by atoms with van der Waals surface area (Å²) in [6.45, 7) is 2.92. The van der Waals surface area contributed by atoms with E-state index in [1.807, 2.05) is 25.3 Å². The first kappa shape index (κ1) is 13.3. The molecule has 2 aromatic rings. The summed E-state index contributed by atoms with van der Waals surface area (Å²) in [5, 5.41) is 0. The van der Waals surface area contributed by atoms with Crippen molar-refractivity contribution in [2.75, 3.05) is 6.54 Å². The van der Waals surface area contributed by atoms with Crippen LogP contribution in [0.3, 0.4) is 0 Å². The molecule has 0 saturated carbocycles. The predicted molar refractivity (Wildman–Crippen MR) is 73.1 cm³/mol. The molecule has 0 amide bonds. The summed E-state index contributed by atoms with van der Waals surface area (Å²) in [6.07, 6.45) is 1.95. The zero-order chi connectivity index (χ0) is 14.3. The highest BCUT2D eigenvalue weighted by atomic mass is 32.2. The lowest BCUT2D eigenvalue weighted by atomic mass is 10.2. The van der Waals surface area contributed by atoms with Gasteiger partial charge in [-0.05, 0) is 43.3 Å². The van der Waals surface area contributed by atoms with Crippen LogP contribution in [-0.4, -0.2) is 23.8 Å². The number of fused-ring (bicyclic) bond motifs is 1. The van der Waals surface area contributed by atoms with Gasteiger partial charge in [0, 0.05) is 25.0 Å². The normalized spacial score (nSPS) is 19.8. The molecule has 4 nitrogen and oxygen atoms in total. The predicted octanol–water partition coefficient (Wildman–Crippen LogP) is 2.39. The Hall–Kier alpha value is -1.66. The van der Waals surface area contributed by atoms with Crippen molar-refractivity contribution in [3.63, 3.8) is 0 Å². The Morgan fingerprint density at radius 3 is 2.55 bits per heavy atom. The zero-order valence-corrected chi connectivity index (χ0v) is 11.8. The van der Waals surface area contributed by atoms with Crippen LogP contribution in [0.5, 0.6) is 0 Å². The number of hydrogen-bond donors (Lipinski definition) is 0. The van der Waals surface area contributed by atoms with E-state index in [4.69, 9.17) is 0 Å². The van der Waals surface area contributed by atoms with Crippen molar-refractivity contribution in [2.45, 2.75) is 24.4 Å². The maximum atomic E-state index is 12.9. The number of hydrogen-bond acceptors (Lipinski definition) is 2. The maximum absolute atomic E-state index is 12.9. The summed E-state index contributed by atoms with van der Waals surface area (Å²) in [5.74, 6) is -0.440. The van der Waals surface area contributed by atoms with Gasteiger partial charge in [-0.15, -0.1) is 0 Å². The van der Waals surface area contributed by atoms with E-state index in [0.717, 1.165) is 5.69 Å². The third-order valence-electron chi connectivity index (χ3n) is 3.71. The molecule has 0 fully saturated rings. The number of benzene rings is 1. The van der Waals surface area contributed by atoms with E-state index in [0.29, 0.717) is 13.1 Å². The molecule has 2 heterocycles. The van der Waals surface area contributed by atoms with Gasteiger partial charge in [-0.25, -0.2) is 12.8 Å². The standard InChI is InChI=1S/C14H15FN2O2S/c1-11-14-3-2-8-16(14)9-10-17(11)20(18,19)13-6-4-12(15)5-7-13/h2-8,11H,9-10H2,1H3. The second-order valence-electron chi connectivity index (χ2n) is 4.87. The Balaban J connectivity index is 1.99. The lowest BCUT2D eigenvalue weighted by Gasteiger charge is -2.33. The molecule has 6 heteroatoms. The van der Waals surface area contributed by atoms with Crippen LogP contribution in [0.2, 0.25) is 0 Å². The summed E-state index contributed by atoms with van der Waals surface area (Å²) in [6, 6.07) is 8.58. The number of aromatic nitrogens is 1. The lowest BCUT2D eigenvalue weighted by molar-refractivity contribution is 0.282. The van der Waals surface area contributed by atoms with Gasteiger partial charge in [0.1, 0.15) is 5.82 Å². The van der Waals surface area contributed by atoms with Crippen LogP contribution in [0.1, 0.15) is 18.7 Å². The minimum Gasteiger partial charge on any atom is -0.349 e. The summed E-state index contributed by atoms with van der Waals surface area (Å²) in [5.41, 5.74) is 0.974. The molecule has 1 aliphatic heterocycles. The fourth-order valence-corrected chi connectivity index (χ4v) is 4.23. The van der Waals surface area contributed by atoms with E-state index in [1.54, 1.807) is 0 Å². The second-order valence-corrected chi connectivity index (χ2v) is 6.76. The molecule has 20 heavy (non-hydrogen) atoms. The van der Waals surface area contributed by atoms with Crippen LogP contribution >= 0.6 is 0 Å². The van der Waals surface area contributed by atoms with Gasteiger partial charge < -0.3 is 4.57 Å². The van der Waals surface area contributed by atoms with Crippen LogP contribution in [0.4, 0.5) is 4.39 Å². The molecule has 0 aliphatic carbocycles. The van der Waals surface area contributed by atoms with E-state index < -0.39 is 15.8 Å². The average molecular weight is 294 g/mol. The van der Waals surface area contributed by atoms with E-state index in [1.165, 1.54) is 28.6 Å². The van der Waals surface area contributed by atoms with E-state index in [9.17, 15) is 12.8 Å². The van der Waals surface area contributed by atoms with E-state index >= 15 is 0 Å². The molecular formula is C14H15FN2O2S. The van der Waals surface area contributed by atoms with Crippen LogP contribution in [0, 0.1) is 5.82 Å². The van der Waals surface area contributed by atoms with Gasteiger partial charge in [-0.2, -0.15) is 4.31 Å². The van der Waals surface area contributed by atoms with Crippen molar-refractivity contribution in [1.29, 1.82) is 0 Å². The molecule has 0 radical (unpaired) electrons. The van der Waals surface area contributed by atoms with Gasteiger partial charge in [0.15, 0.2) is 0 Å². The first-order chi connectivity index (χ1) is 9.50. The molecule has 0 bridgehead atoms. The van der Waals surface area contributed by atoms with Gasteiger partial charge in [0.25, 0.3) is 0 Å². The summed E-state index contributed by atoms with van der Waals surface area (Å²) < 4.78 is 41.7. The number of sulfonamides is 1. The largest absolute Gasteiger partial charge is 0.349 e. The van der Waals surface area contributed by atoms with Crippen LogP contribution in [0.25, 0.3) is 0 Å². The molecule has 106 valence electrons. The Labute approximate surface area is 117 Å². The molecule has 0 saturated heterocycles. The van der Waals surface area contributed by atoms with Gasteiger partial charge in [0.05, 0.1) is 10.9 Å².